The van der Waals surface area contributed by atoms with E-state index in [2.05, 4.69) is 0 Å². The minimum Gasteiger partial charge on any atom is -0.322 e. The number of carbonyl (C=O) groups is 1. The Kier molecular flexibility index (Phi) is 4.12. The van der Waals surface area contributed by atoms with Gasteiger partial charge in [0.25, 0.3) is 0 Å². The average molecular weight is 227 g/mol. The van der Waals surface area contributed by atoms with E-state index in [4.69, 9.17) is 17.3 Å². The van der Waals surface area contributed by atoms with Gasteiger partial charge in [-0.05, 0) is 31.5 Å². The Hall–Kier alpha value is -1.06. The number of nitrogens with two attached hydrogens (primary N) is 1. The molecule has 0 aromatic heterocycles. The van der Waals surface area contributed by atoms with E-state index in [0.717, 1.165) is 11.3 Å². The molecule has 1 amide bonds. The number of benzene rings is 1. The molecule has 0 saturated heterocycles. The quantitative estimate of drug-likeness (QED) is 0.857. The van der Waals surface area contributed by atoms with Crippen LogP contribution in [0.25, 0.3) is 0 Å². The summed E-state index contributed by atoms with van der Waals surface area (Å²) in [4.78, 5) is 13.2. The zero-order chi connectivity index (χ0) is 11.4. The highest BCUT2D eigenvalue weighted by Crippen LogP contribution is 2.26. The monoisotopic (exact) mass is 226 g/mol. The standard InChI is InChI=1S/C11H15ClN2O/c1-3-14(11(15)7-13)10-6-4-5-9(12)8(10)2/h4-6H,3,7,13H2,1-2H3. The first-order chi connectivity index (χ1) is 7.11. The van der Waals surface area contributed by atoms with Crippen LogP contribution in [0.2, 0.25) is 5.02 Å². The Morgan fingerprint density at radius 3 is 2.73 bits per heavy atom. The topological polar surface area (TPSA) is 46.3 Å². The summed E-state index contributed by atoms with van der Waals surface area (Å²) in [6.45, 7) is 4.41. The summed E-state index contributed by atoms with van der Waals surface area (Å²) in [7, 11) is 0. The van der Waals surface area contributed by atoms with Gasteiger partial charge in [-0.3, -0.25) is 4.79 Å². The van der Waals surface area contributed by atoms with Crippen LogP contribution in [-0.2, 0) is 4.79 Å². The fourth-order valence-electron chi connectivity index (χ4n) is 1.48. The zero-order valence-electron chi connectivity index (χ0n) is 8.96. The summed E-state index contributed by atoms with van der Waals surface area (Å²) in [5.41, 5.74) is 7.09. The van der Waals surface area contributed by atoms with Crippen molar-refractivity contribution >= 4 is 23.2 Å². The predicted octanol–water partition coefficient (Wildman–Crippen LogP) is 1.96. The third-order valence-electron chi connectivity index (χ3n) is 2.32. The molecule has 0 aliphatic heterocycles. The van der Waals surface area contributed by atoms with Crippen LogP contribution >= 0.6 is 11.6 Å². The molecule has 0 bridgehead atoms. The van der Waals surface area contributed by atoms with Gasteiger partial charge in [0, 0.05) is 17.3 Å². The van der Waals surface area contributed by atoms with E-state index >= 15 is 0 Å². The second-order valence-electron chi connectivity index (χ2n) is 3.23. The number of carbonyl (C=O) groups excluding carboxylic acids is 1. The van der Waals surface area contributed by atoms with Gasteiger partial charge in [0.05, 0.1) is 6.54 Å². The SMILES string of the molecule is CCN(C(=O)CN)c1cccc(Cl)c1C. The lowest BCUT2D eigenvalue weighted by Crippen LogP contribution is -2.36. The van der Waals surface area contributed by atoms with Gasteiger partial charge < -0.3 is 10.6 Å². The molecule has 0 radical (unpaired) electrons. The largest absolute Gasteiger partial charge is 0.322 e. The summed E-state index contributed by atoms with van der Waals surface area (Å²) in [6, 6.07) is 5.51. The van der Waals surface area contributed by atoms with E-state index in [-0.39, 0.29) is 12.5 Å². The molecule has 2 N–H and O–H groups in total. The van der Waals surface area contributed by atoms with Crippen molar-refractivity contribution in [3.8, 4) is 0 Å². The van der Waals surface area contributed by atoms with Gasteiger partial charge in [0.1, 0.15) is 0 Å². The number of anilines is 1. The molecule has 0 aliphatic rings. The van der Waals surface area contributed by atoms with Crippen LogP contribution in [0.3, 0.4) is 0 Å². The molecule has 0 heterocycles. The molecule has 15 heavy (non-hydrogen) atoms. The zero-order valence-corrected chi connectivity index (χ0v) is 9.71. The minimum atomic E-state index is -0.0946. The molecule has 0 fully saturated rings. The lowest BCUT2D eigenvalue weighted by atomic mass is 10.1. The Morgan fingerprint density at radius 2 is 2.20 bits per heavy atom. The number of halogens is 1. The van der Waals surface area contributed by atoms with E-state index in [1.54, 1.807) is 11.0 Å². The fraction of sp³-hybridized carbons (Fsp3) is 0.364. The molecule has 4 heteroatoms. The molecule has 82 valence electrons. The molecular weight excluding hydrogens is 212 g/mol. The lowest BCUT2D eigenvalue weighted by molar-refractivity contribution is -0.117. The normalized spacial score (nSPS) is 10.1. The number of hydrogen-bond acceptors (Lipinski definition) is 2. The van der Waals surface area contributed by atoms with E-state index < -0.39 is 0 Å². The first-order valence-electron chi connectivity index (χ1n) is 4.87. The third-order valence-corrected chi connectivity index (χ3v) is 2.73. The van der Waals surface area contributed by atoms with E-state index in [1.807, 2.05) is 26.0 Å². The molecule has 1 aromatic rings. The summed E-state index contributed by atoms with van der Waals surface area (Å²) in [5, 5.41) is 0.663. The van der Waals surface area contributed by atoms with E-state index in [0.29, 0.717) is 11.6 Å². The van der Waals surface area contributed by atoms with Gasteiger partial charge in [-0.1, -0.05) is 17.7 Å². The molecule has 3 nitrogen and oxygen atoms in total. The highest BCUT2D eigenvalue weighted by Gasteiger charge is 2.14. The Morgan fingerprint density at radius 1 is 1.53 bits per heavy atom. The van der Waals surface area contributed by atoms with Crippen molar-refractivity contribution in [1.29, 1.82) is 0 Å². The number of nitrogens with zero attached hydrogens (tertiary/aromatic N) is 1. The van der Waals surface area contributed by atoms with Crippen LogP contribution in [0.5, 0.6) is 0 Å². The number of hydrogen-bond donors (Lipinski definition) is 1. The molecule has 0 saturated carbocycles. The minimum absolute atomic E-state index is 0.0137. The Labute approximate surface area is 94.8 Å². The molecular formula is C11H15ClN2O. The molecule has 0 unspecified atom stereocenters. The Bertz CT molecular complexity index is 366. The highest BCUT2D eigenvalue weighted by atomic mass is 35.5. The second-order valence-corrected chi connectivity index (χ2v) is 3.63. The van der Waals surface area contributed by atoms with Gasteiger partial charge in [0.2, 0.25) is 5.91 Å². The summed E-state index contributed by atoms with van der Waals surface area (Å²) >= 11 is 5.99. The maximum absolute atomic E-state index is 11.6. The maximum atomic E-state index is 11.6. The van der Waals surface area contributed by atoms with Crippen molar-refractivity contribution in [1.82, 2.24) is 0 Å². The van der Waals surface area contributed by atoms with Crippen LogP contribution in [0, 0.1) is 6.92 Å². The second kappa shape index (κ2) is 5.14. The van der Waals surface area contributed by atoms with E-state index in [1.165, 1.54) is 0 Å². The summed E-state index contributed by atoms with van der Waals surface area (Å²) < 4.78 is 0. The van der Waals surface area contributed by atoms with Gasteiger partial charge in [-0.15, -0.1) is 0 Å². The molecule has 0 aliphatic carbocycles. The highest BCUT2D eigenvalue weighted by molar-refractivity contribution is 6.31. The number of amides is 1. The van der Waals surface area contributed by atoms with Gasteiger partial charge >= 0.3 is 0 Å². The summed E-state index contributed by atoms with van der Waals surface area (Å²) in [5.74, 6) is -0.0946. The smallest absolute Gasteiger partial charge is 0.240 e. The summed E-state index contributed by atoms with van der Waals surface area (Å²) in [6.07, 6.45) is 0. The first kappa shape index (κ1) is 12.0. The third kappa shape index (κ3) is 2.49. The van der Waals surface area contributed by atoms with Gasteiger partial charge in [0.15, 0.2) is 0 Å². The van der Waals surface area contributed by atoms with Gasteiger partial charge in [-0.25, -0.2) is 0 Å². The lowest BCUT2D eigenvalue weighted by Gasteiger charge is -2.22. The van der Waals surface area contributed by atoms with E-state index in [9.17, 15) is 4.79 Å². The predicted molar refractivity (Wildman–Crippen MR) is 63.3 cm³/mol. The number of likely N-dealkylation sites (N-methyl/N-ethyl adjacent to an activating group) is 1. The van der Waals surface area contributed by atoms with Crippen molar-refractivity contribution in [3.63, 3.8) is 0 Å². The van der Waals surface area contributed by atoms with Gasteiger partial charge in [-0.2, -0.15) is 0 Å². The van der Waals surface area contributed by atoms with Crippen LogP contribution in [0.1, 0.15) is 12.5 Å². The van der Waals surface area contributed by atoms with Crippen LogP contribution < -0.4 is 10.6 Å². The molecule has 0 spiro atoms. The van der Waals surface area contributed by atoms with Crippen molar-refractivity contribution in [2.45, 2.75) is 13.8 Å². The molecule has 1 aromatic carbocycles. The fourth-order valence-corrected chi connectivity index (χ4v) is 1.65. The van der Waals surface area contributed by atoms with Crippen molar-refractivity contribution < 1.29 is 4.79 Å². The maximum Gasteiger partial charge on any atom is 0.240 e. The molecule has 0 atom stereocenters. The first-order valence-corrected chi connectivity index (χ1v) is 5.25. The molecule has 1 rings (SSSR count). The average Bonchev–Trinajstić information content (AvgIpc) is 2.24. The van der Waals surface area contributed by atoms with Crippen LogP contribution in [0.15, 0.2) is 18.2 Å². The van der Waals surface area contributed by atoms with Crippen molar-refractivity contribution in [3.05, 3.63) is 28.8 Å². The van der Waals surface area contributed by atoms with Crippen LogP contribution in [0.4, 0.5) is 5.69 Å². The van der Waals surface area contributed by atoms with Crippen molar-refractivity contribution in [2.24, 2.45) is 5.73 Å². The Balaban J connectivity index is 3.12. The van der Waals surface area contributed by atoms with Crippen LogP contribution in [-0.4, -0.2) is 19.0 Å². The number of rotatable bonds is 3. The van der Waals surface area contributed by atoms with Crippen molar-refractivity contribution in [2.75, 3.05) is 18.0 Å².